The largest absolute Gasteiger partial charge is 0.497 e. The van der Waals surface area contributed by atoms with Gasteiger partial charge in [-0.2, -0.15) is 0 Å². The lowest BCUT2D eigenvalue weighted by Gasteiger charge is -2.44. The molecule has 144 valence electrons. The van der Waals surface area contributed by atoms with Gasteiger partial charge in [-0.25, -0.2) is 0 Å². The van der Waals surface area contributed by atoms with Crippen LogP contribution < -0.4 is 4.74 Å². The van der Waals surface area contributed by atoms with E-state index < -0.39 is 5.60 Å². The number of likely N-dealkylation sites (tertiary alicyclic amines) is 1. The van der Waals surface area contributed by atoms with Crippen LogP contribution in [-0.2, 0) is 16.0 Å². The summed E-state index contributed by atoms with van der Waals surface area (Å²) in [5.74, 6) is 0.954. The summed E-state index contributed by atoms with van der Waals surface area (Å²) in [6, 6.07) is 8.03. The van der Waals surface area contributed by atoms with Crippen LogP contribution in [0.4, 0.5) is 0 Å². The van der Waals surface area contributed by atoms with Gasteiger partial charge in [0.1, 0.15) is 11.4 Å². The molecule has 3 rings (SSSR count). The second kappa shape index (κ2) is 7.97. The van der Waals surface area contributed by atoms with Gasteiger partial charge in [0.2, 0.25) is 0 Å². The quantitative estimate of drug-likeness (QED) is 0.876. The van der Waals surface area contributed by atoms with Crippen LogP contribution >= 0.6 is 0 Å². The van der Waals surface area contributed by atoms with Gasteiger partial charge in [0, 0.05) is 31.7 Å². The molecule has 0 unspecified atom stereocenters. The van der Waals surface area contributed by atoms with E-state index in [1.165, 1.54) is 5.56 Å². The number of rotatable bonds is 5. The fourth-order valence-corrected chi connectivity index (χ4v) is 4.23. The first-order chi connectivity index (χ1) is 12.5. The Morgan fingerprint density at radius 1 is 1.27 bits per heavy atom. The number of aliphatic hydroxyl groups is 1. The maximum atomic E-state index is 12.9. The molecule has 0 saturated carbocycles. The van der Waals surface area contributed by atoms with Gasteiger partial charge in [0.15, 0.2) is 0 Å². The Morgan fingerprint density at radius 3 is 2.65 bits per heavy atom. The number of hydrogen-bond acceptors (Lipinski definition) is 4. The highest BCUT2D eigenvalue weighted by Crippen LogP contribution is 2.37. The molecule has 26 heavy (non-hydrogen) atoms. The molecule has 1 aromatic carbocycles. The Kier molecular flexibility index (Phi) is 5.88. The number of carbonyl (C=O) groups excluding carboxylic acids is 1. The fraction of sp³-hybridized carbons (Fsp3) is 0.667. The normalized spacial score (nSPS) is 25.7. The zero-order chi connectivity index (χ0) is 18.6. The summed E-state index contributed by atoms with van der Waals surface area (Å²) < 4.78 is 11.1. The molecule has 2 fully saturated rings. The van der Waals surface area contributed by atoms with Crippen molar-refractivity contribution in [3.05, 3.63) is 29.8 Å². The number of methoxy groups -OCH3 is 1. The molecule has 0 radical (unpaired) electrons. The van der Waals surface area contributed by atoms with E-state index in [1.54, 1.807) is 7.11 Å². The molecule has 0 spiro atoms. The highest BCUT2D eigenvalue weighted by atomic mass is 16.5. The number of carbonyl (C=O) groups is 1. The third-order valence-corrected chi connectivity index (χ3v) is 6.08. The molecule has 1 aromatic rings. The smallest absolute Gasteiger partial charge is 0.254 e. The second-order valence-corrected chi connectivity index (χ2v) is 8.02. The molecule has 1 atom stereocenters. The van der Waals surface area contributed by atoms with Crippen molar-refractivity contribution in [3.8, 4) is 5.75 Å². The summed E-state index contributed by atoms with van der Waals surface area (Å²) in [4.78, 5) is 14.9. The number of benzene rings is 1. The van der Waals surface area contributed by atoms with Gasteiger partial charge in [-0.3, -0.25) is 4.79 Å². The maximum Gasteiger partial charge on any atom is 0.254 e. The van der Waals surface area contributed by atoms with Gasteiger partial charge in [0.25, 0.3) is 5.91 Å². The van der Waals surface area contributed by atoms with Crippen LogP contribution in [0.1, 0.15) is 44.6 Å². The summed E-state index contributed by atoms with van der Waals surface area (Å²) in [6.07, 6.45) is 5.31. The van der Waals surface area contributed by atoms with Crippen LogP contribution in [0.15, 0.2) is 24.3 Å². The molecule has 5 nitrogen and oxygen atoms in total. The minimum absolute atomic E-state index is 0.116. The third-order valence-electron chi connectivity index (χ3n) is 6.08. The standard InChI is InChI=1S/C21H31NO4/c1-20(8-3-4-13-26-20)19(24)22-11-9-21(16-23,10-12-22)15-17-6-5-7-18(14-17)25-2/h5-7,14,23H,3-4,8-13,15-16H2,1-2H3/t20-/m0/s1. The molecule has 2 aliphatic rings. The number of ether oxygens (including phenoxy) is 2. The Morgan fingerprint density at radius 2 is 2.04 bits per heavy atom. The van der Waals surface area contributed by atoms with Gasteiger partial charge in [-0.15, -0.1) is 0 Å². The molecule has 1 amide bonds. The lowest BCUT2D eigenvalue weighted by Crippen LogP contribution is -2.54. The van der Waals surface area contributed by atoms with E-state index in [-0.39, 0.29) is 17.9 Å². The molecule has 2 aliphatic heterocycles. The van der Waals surface area contributed by atoms with E-state index in [4.69, 9.17) is 9.47 Å². The average Bonchev–Trinajstić information content (AvgIpc) is 2.68. The first-order valence-corrected chi connectivity index (χ1v) is 9.67. The van der Waals surface area contributed by atoms with Crippen molar-refractivity contribution >= 4 is 5.91 Å². The van der Waals surface area contributed by atoms with E-state index >= 15 is 0 Å². The molecular formula is C21H31NO4. The van der Waals surface area contributed by atoms with Crippen molar-refractivity contribution in [3.63, 3.8) is 0 Å². The number of aliphatic hydroxyl groups excluding tert-OH is 1. The summed E-state index contributed by atoms with van der Waals surface area (Å²) in [5, 5.41) is 10.1. The van der Waals surface area contributed by atoms with E-state index in [0.717, 1.165) is 44.3 Å². The first-order valence-electron chi connectivity index (χ1n) is 9.67. The van der Waals surface area contributed by atoms with Gasteiger partial charge < -0.3 is 19.5 Å². The number of nitrogens with zero attached hydrogens (tertiary/aromatic N) is 1. The van der Waals surface area contributed by atoms with Crippen molar-refractivity contribution in [1.82, 2.24) is 4.90 Å². The second-order valence-electron chi connectivity index (χ2n) is 8.02. The fourth-order valence-electron chi connectivity index (χ4n) is 4.23. The van der Waals surface area contributed by atoms with Crippen LogP contribution in [-0.4, -0.2) is 54.9 Å². The lowest BCUT2D eigenvalue weighted by molar-refractivity contribution is -0.164. The molecule has 2 heterocycles. The van der Waals surface area contributed by atoms with Crippen molar-refractivity contribution in [1.29, 1.82) is 0 Å². The SMILES string of the molecule is COc1cccc(CC2(CO)CCN(C(=O)[C@]3(C)CCCCO3)CC2)c1. The number of piperidine rings is 1. The minimum atomic E-state index is -0.662. The maximum absolute atomic E-state index is 12.9. The van der Waals surface area contributed by atoms with Crippen molar-refractivity contribution in [2.45, 2.75) is 51.0 Å². The monoisotopic (exact) mass is 361 g/mol. The Bertz CT molecular complexity index is 616. The van der Waals surface area contributed by atoms with E-state index in [2.05, 4.69) is 6.07 Å². The lowest BCUT2D eigenvalue weighted by atomic mass is 9.74. The van der Waals surface area contributed by atoms with Gasteiger partial charge >= 0.3 is 0 Å². The van der Waals surface area contributed by atoms with Crippen LogP contribution in [0.25, 0.3) is 0 Å². The van der Waals surface area contributed by atoms with Crippen molar-refractivity contribution < 1.29 is 19.4 Å². The summed E-state index contributed by atoms with van der Waals surface area (Å²) >= 11 is 0. The molecule has 0 aromatic heterocycles. The Labute approximate surface area is 156 Å². The van der Waals surface area contributed by atoms with Crippen LogP contribution in [0.3, 0.4) is 0 Å². The highest BCUT2D eigenvalue weighted by Gasteiger charge is 2.42. The highest BCUT2D eigenvalue weighted by molar-refractivity contribution is 5.85. The average molecular weight is 361 g/mol. The zero-order valence-corrected chi connectivity index (χ0v) is 16.0. The predicted molar refractivity (Wildman–Crippen MR) is 100 cm³/mol. The molecule has 2 saturated heterocycles. The number of amides is 1. The minimum Gasteiger partial charge on any atom is -0.497 e. The van der Waals surface area contributed by atoms with E-state index in [0.29, 0.717) is 19.7 Å². The molecule has 5 heteroatoms. The number of hydrogen-bond donors (Lipinski definition) is 1. The Balaban J connectivity index is 1.63. The summed E-state index contributed by atoms with van der Waals surface area (Å²) in [6.45, 7) is 4.11. The zero-order valence-electron chi connectivity index (χ0n) is 16.0. The van der Waals surface area contributed by atoms with Crippen LogP contribution in [0.5, 0.6) is 5.75 Å². The van der Waals surface area contributed by atoms with Gasteiger partial charge in [-0.1, -0.05) is 12.1 Å². The third kappa shape index (κ3) is 4.04. The molecular weight excluding hydrogens is 330 g/mol. The van der Waals surface area contributed by atoms with Crippen LogP contribution in [0.2, 0.25) is 0 Å². The molecule has 0 bridgehead atoms. The van der Waals surface area contributed by atoms with Gasteiger partial charge in [-0.05, 0) is 63.1 Å². The summed E-state index contributed by atoms with van der Waals surface area (Å²) in [5.41, 5.74) is 0.336. The summed E-state index contributed by atoms with van der Waals surface area (Å²) in [7, 11) is 1.67. The van der Waals surface area contributed by atoms with Gasteiger partial charge in [0.05, 0.1) is 7.11 Å². The van der Waals surface area contributed by atoms with Crippen LogP contribution in [0, 0.1) is 5.41 Å². The predicted octanol–water partition coefficient (Wildman–Crippen LogP) is 2.80. The van der Waals surface area contributed by atoms with E-state index in [1.807, 2.05) is 30.0 Å². The topological polar surface area (TPSA) is 59.0 Å². The first kappa shape index (κ1) is 19.2. The Hall–Kier alpha value is -1.59. The van der Waals surface area contributed by atoms with Crippen molar-refractivity contribution in [2.75, 3.05) is 33.4 Å². The van der Waals surface area contributed by atoms with E-state index in [9.17, 15) is 9.90 Å². The molecule has 0 aliphatic carbocycles. The molecule has 1 N–H and O–H groups in total. The van der Waals surface area contributed by atoms with Crippen molar-refractivity contribution in [2.24, 2.45) is 5.41 Å².